The van der Waals surface area contributed by atoms with Crippen molar-refractivity contribution in [2.24, 2.45) is 0 Å². The van der Waals surface area contributed by atoms with Crippen LogP contribution in [0.1, 0.15) is 18.4 Å². The molecule has 6 aromatic rings. The molecule has 1 heterocycles. The van der Waals surface area contributed by atoms with Crippen molar-refractivity contribution in [3.63, 3.8) is 0 Å². The molecule has 7 rings (SSSR count). The summed E-state index contributed by atoms with van der Waals surface area (Å²) in [6.07, 6.45) is 8.81. The van der Waals surface area contributed by atoms with Gasteiger partial charge in [0.2, 0.25) is 0 Å². The molecular formula is C36H27NO. The Morgan fingerprint density at radius 2 is 1.32 bits per heavy atom. The molecule has 1 aromatic heterocycles. The summed E-state index contributed by atoms with van der Waals surface area (Å²) in [7, 11) is 0. The average molecular weight is 490 g/mol. The minimum Gasteiger partial charge on any atom is -0.456 e. The number of fused-ring (bicyclic) bond motifs is 3. The molecule has 0 amide bonds. The van der Waals surface area contributed by atoms with Gasteiger partial charge in [-0.2, -0.15) is 0 Å². The van der Waals surface area contributed by atoms with Crippen molar-refractivity contribution in [1.82, 2.24) is 0 Å². The number of hydrogen-bond acceptors (Lipinski definition) is 2. The molecule has 0 radical (unpaired) electrons. The molecule has 0 atom stereocenters. The van der Waals surface area contributed by atoms with Crippen LogP contribution < -0.4 is 4.90 Å². The summed E-state index contributed by atoms with van der Waals surface area (Å²) in [4.78, 5) is 2.34. The van der Waals surface area contributed by atoms with Gasteiger partial charge < -0.3 is 9.32 Å². The fourth-order valence-corrected chi connectivity index (χ4v) is 5.48. The van der Waals surface area contributed by atoms with Gasteiger partial charge in [0.25, 0.3) is 0 Å². The molecular weight excluding hydrogens is 462 g/mol. The fraction of sp³-hybridized carbons (Fsp3) is 0.0556. The van der Waals surface area contributed by atoms with Crippen molar-refractivity contribution < 1.29 is 4.42 Å². The van der Waals surface area contributed by atoms with Crippen LogP contribution in [0, 0.1) is 0 Å². The molecule has 0 fully saturated rings. The maximum absolute atomic E-state index is 6.29. The summed E-state index contributed by atoms with van der Waals surface area (Å²) in [5, 5.41) is 2.28. The molecule has 0 aliphatic heterocycles. The Balaban J connectivity index is 1.41. The molecule has 182 valence electrons. The largest absolute Gasteiger partial charge is 0.456 e. The smallest absolute Gasteiger partial charge is 0.137 e. The van der Waals surface area contributed by atoms with Gasteiger partial charge in [0, 0.05) is 33.8 Å². The monoisotopic (exact) mass is 489 g/mol. The first-order chi connectivity index (χ1) is 18.8. The molecule has 2 heteroatoms. The highest BCUT2D eigenvalue weighted by Gasteiger charge is 2.19. The van der Waals surface area contributed by atoms with E-state index in [-0.39, 0.29) is 0 Å². The second-order valence-corrected chi connectivity index (χ2v) is 9.70. The van der Waals surface area contributed by atoms with Crippen LogP contribution in [-0.2, 0) is 0 Å². The molecule has 1 aliphatic carbocycles. The zero-order valence-corrected chi connectivity index (χ0v) is 21.0. The first kappa shape index (κ1) is 22.4. The van der Waals surface area contributed by atoms with Gasteiger partial charge >= 0.3 is 0 Å². The van der Waals surface area contributed by atoms with Crippen molar-refractivity contribution in [1.29, 1.82) is 0 Å². The number of para-hydroxylation sites is 2. The quantitative estimate of drug-likeness (QED) is 0.239. The van der Waals surface area contributed by atoms with Gasteiger partial charge in [0.15, 0.2) is 0 Å². The fourth-order valence-electron chi connectivity index (χ4n) is 5.48. The average Bonchev–Trinajstić information content (AvgIpc) is 3.37. The van der Waals surface area contributed by atoms with E-state index < -0.39 is 0 Å². The highest BCUT2D eigenvalue weighted by Crippen LogP contribution is 2.42. The second kappa shape index (κ2) is 9.57. The van der Waals surface area contributed by atoms with E-state index in [4.69, 9.17) is 4.42 Å². The second-order valence-electron chi connectivity index (χ2n) is 9.70. The van der Waals surface area contributed by atoms with Gasteiger partial charge in [0.1, 0.15) is 11.2 Å². The van der Waals surface area contributed by atoms with E-state index in [1.807, 2.05) is 12.1 Å². The Morgan fingerprint density at radius 1 is 0.579 bits per heavy atom. The molecule has 0 spiro atoms. The summed E-state index contributed by atoms with van der Waals surface area (Å²) in [6.45, 7) is 0. The lowest BCUT2D eigenvalue weighted by molar-refractivity contribution is 0.669. The first-order valence-corrected chi connectivity index (χ1v) is 13.2. The molecule has 5 aromatic carbocycles. The highest BCUT2D eigenvalue weighted by molar-refractivity contribution is 6.06. The number of allylic oxidation sites excluding steroid dienone is 4. The van der Waals surface area contributed by atoms with E-state index in [2.05, 4.69) is 132 Å². The SMILES string of the molecule is C1=CCCC(c2ccc(N(c3ccc4c(c3)oc3ccccc34)c3ccccc3-c3ccccc3)cc2)=C1. The van der Waals surface area contributed by atoms with Crippen LogP contribution in [0.3, 0.4) is 0 Å². The lowest BCUT2D eigenvalue weighted by Crippen LogP contribution is -2.11. The van der Waals surface area contributed by atoms with Crippen LogP contribution in [0.4, 0.5) is 17.1 Å². The third kappa shape index (κ3) is 4.01. The van der Waals surface area contributed by atoms with Crippen LogP contribution in [-0.4, -0.2) is 0 Å². The van der Waals surface area contributed by atoms with Crippen LogP contribution in [0.5, 0.6) is 0 Å². The van der Waals surface area contributed by atoms with Gasteiger partial charge in [-0.15, -0.1) is 0 Å². The maximum atomic E-state index is 6.29. The standard InChI is InChI=1S/C36H27NO/c1-3-11-26(12-4-1)27-19-21-29(22-20-27)37(34-17-9-7-15-31(34)28-13-5-2-6-14-28)30-23-24-33-32-16-8-10-18-35(32)38-36(33)25-30/h1-3,5-11,13-25H,4,12H2. The zero-order valence-electron chi connectivity index (χ0n) is 21.0. The Labute approximate surface area is 222 Å². The summed E-state index contributed by atoms with van der Waals surface area (Å²) in [5.74, 6) is 0. The van der Waals surface area contributed by atoms with Gasteiger partial charge in [0.05, 0.1) is 5.69 Å². The Morgan fingerprint density at radius 3 is 2.16 bits per heavy atom. The molecule has 0 saturated carbocycles. The first-order valence-electron chi connectivity index (χ1n) is 13.2. The normalized spacial score (nSPS) is 13.1. The van der Waals surface area contributed by atoms with E-state index in [0.29, 0.717) is 0 Å². The number of anilines is 3. The van der Waals surface area contributed by atoms with Crippen molar-refractivity contribution in [3.05, 3.63) is 145 Å². The summed E-state index contributed by atoms with van der Waals surface area (Å²) < 4.78 is 6.29. The predicted octanol–water partition coefficient (Wildman–Crippen LogP) is 10.5. The van der Waals surface area contributed by atoms with Crippen molar-refractivity contribution in [2.45, 2.75) is 12.8 Å². The number of furan rings is 1. The van der Waals surface area contributed by atoms with Crippen LogP contribution in [0.25, 0.3) is 38.6 Å². The minimum atomic E-state index is 0.890. The van der Waals surface area contributed by atoms with Crippen molar-refractivity contribution in [3.8, 4) is 11.1 Å². The van der Waals surface area contributed by atoms with E-state index >= 15 is 0 Å². The number of benzene rings is 5. The highest BCUT2D eigenvalue weighted by atomic mass is 16.3. The Bertz CT molecular complexity index is 1810. The maximum Gasteiger partial charge on any atom is 0.137 e. The molecule has 2 nitrogen and oxygen atoms in total. The molecule has 0 unspecified atom stereocenters. The van der Waals surface area contributed by atoms with Crippen LogP contribution >= 0.6 is 0 Å². The molecule has 0 N–H and O–H groups in total. The lowest BCUT2D eigenvalue weighted by Gasteiger charge is -2.28. The Hall–Kier alpha value is -4.82. The third-order valence-corrected chi connectivity index (χ3v) is 7.36. The molecule has 1 aliphatic rings. The summed E-state index contributed by atoms with van der Waals surface area (Å²) >= 11 is 0. The van der Waals surface area contributed by atoms with Gasteiger partial charge in [-0.1, -0.05) is 97.1 Å². The van der Waals surface area contributed by atoms with Gasteiger partial charge in [-0.25, -0.2) is 0 Å². The minimum absolute atomic E-state index is 0.890. The lowest BCUT2D eigenvalue weighted by atomic mass is 9.97. The van der Waals surface area contributed by atoms with E-state index in [1.165, 1.54) is 22.3 Å². The van der Waals surface area contributed by atoms with E-state index in [9.17, 15) is 0 Å². The molecule has 0 bridgehead atoms. The predicted molar refractivity (Wildman–Crippen MR) is 160 cm³/mol. The van der Waals surface area contributed by atoms with Crippen LogP contribution in [0.2, 0.25) is 0 Å². The Kier molecular flexibility index (Phi) is 5.64. The van der Waals surface area contributed by atoms with Gasteiger partial charge in [-0.05, 0) is 65.9 Å². The van der Waals surface area contributed by atoms with Crippen LogP contribution in [0.15, 0.2) is 144 Å². The third-order valence-electron chi connectivity index (χ3n) is 7.36. The van der Waals surface area contributed by atoms with E-state index in [0.717, 1.165) is 51.8 Å². The summed E-state index contributed by atoms with van der Waals surface area (Å²) in [6, 6.07) is 43.0. The number of hydrogen-bond donors (Lipinski definition) is 0. The number of nitrogens with zero attached hydrogens (tertiary/aromatic N) is 1. The topological polar surface area (TPSA) is 16.4 Å². The number of rotatable bonds is 5. The zero-order chi connectivity index (χ0) is 25.3. The molecule has 0 saturated heterocycles. The molecule has 38 heavy (non-hydrogen) atoms. The van der Waals surface area contributed by atoms with E-state index in [1.54, 1.807) is 0 Å². The van der Waals surface area contributed by atoms with Crippen molar-refractivity contribution in [2.75, 3.05) is 4.90 Å². The van der Waals surface area contributed by atoms with Crippen molar-refractivity contribution >= 4 is 44.6 Å². The summed E-state index contributed by atoms with van der Waals surface area (Å²) in [5.41, 5.74) is 10.1. The van der Waals surface area contributed by atoms with Gasteiger partial charge in [-0.3, -0.25) is 0 Å².